The van der Waals surface area contributed by atoms with Crippen LogP contribution in [0.5, 0.6) is 0 Å². The molecule has 4 rings (SSSR count). The Balaban J connectivity index is 0.000000290. The van der Waals surface area contributed by atoms with Crippen LogP contribution in [0, 0.1) is 27.7 Å². The Bertz CT molecular complexity index is 1260. The van der Waals surface area contributed by atoms with Crippen LogP contribution in [0.3, 0.4) is 0 Å². The van der Waals surface area contributed by atoms with Gasteiger partial charge < -0.3 is 0 Å². The molecule has 0 nitrogen and oxygen atoms in total. The van der Waals surface area contributed by atoms with Gasteiger partial charge in [0.05, 0.1) is 0 Å². The average Bonchev–Trinajstić information content (AvgIpc) is 3.29. The summed E-state index contributed by atoms with van der Waals surface area (Å²) in [7, 11) is 0. The van der Waals surface area contributed by atoms with Gasteiger partial charge in [-0.15, -0.1) is 46.7 Å². The minimum atomic E-state index is 0.151. The Kier molecular flexibility index (Phi) is 10.6. The molecule has 0 saturated carbocycles. The topological polar surface area (TPSA) is 0 Å². The molecule has 0 N–H and O–H groups in total. The van der Waals surface area contributed by atoms with Crippen LogP contribution in [0.2, 0.25) is 13.1 Å². The molecule has 0 heterocycles. The maximum atomic E-state index is 2.38. The summed E-state index contributed by atoms with van der Waals surface area (Å²) in [4.78, 5) is 0. The van der Waals surface area contributed by atoms with Gasteiger partial charge in [0.2, 0.25) is 0 Å². The van der Waals surface area contributed by atoms with Gasteiger partial charge in [0.15, 0.2) is 0 Å². The van der Waals surface area contributed by atoms with E-state index in [2.05, 4.69) is 143 Å². The Morgan fingerprint density at radius 1 is 0.722 bits per heavy atom. The minimum Gasteiger partial charge on any atom is -0.196 e. The van der Waals surface area contributed by atoms with Crippen molar-refractivity contribution >= 4 is 16.2 Å². The van der Waals surface area contributed by atoms with Crippen molar-refractivity contribution in [2.24, 2.45) is 0 Å². The number of hydrogen-bond donors (Lipinski definition) is 0. The van der Waals surface area contributed by atoms with Gasteiger partial charge in [-0.25, -0.2) is 0 Å². The van der Waals surface area contributed by atoms with Gasteiger partial charge in [-0.05, 0) is 22.0 Å². The largest absolute Gasteiger partial charge is 0.196 e. The van der Waals surface area contributed by atoms with Crippen LogP contribution in [0.25, 0.3) is 21.9 Å². The molecular weight excluding hydrogens is 528 g/mol. The molecule has 2 heteroatoms. The van der Waals surface area contributed by atoms with Crippen molar-refractivity contribution in [3.05, 3.63) is 94.0 Å². The zero-order chi connectivity index (χ0) is 27.4. The molecule has 0 bridgehead atoms. The Hall–Kier alpha value is -1.50. The van der Waals surface area contributed by atoms with Crippen LogP contribution in [-0.4, -0.2) is 5.43 Å². The molecule has 4 aromatic rings. The second kappa shape index (κ2) is 12.4. The molecule has 0 atom stereocenters. The van der Waals surface area contributed by atoms with E-state index >= 15 is 0 Å². The van der Waals surface area contributed by atoms with E-state index in [1.807, 2.05) is 0 Å². The van der Waals surface area contributed by atoms with Crippen molar-refractivity contribution in [2.45, 2.75) is 93.2 Å². The molecule has 36 heavy (non-hydrogen) atoms. The minimum absolute atomic E-state index is 0.151. The summed E-state index contributed by atoms with van der Waals surface area (Å²) in [6, 6.07) is 22.5. The van der Waals surface area contributed by atoms with Gasteiger partial charge in [0.1, 0.15) is 0 Å². The Morgan fingerprint density at radius 2 is 1.17 bits per heavy atom. The van der Waals surface area contributed by atoms with E-state index in [1.54, 1.807) is 23.3 Å². The first-order valence-corrected chi connectivity index (χ1v) is 19.2. The van der Waals surface area contributed by atoms with Crippen LogP contribution in [0.4, 0.5) is 0 Å². The summed E-state index contributed by atoms with van der Waals surface area (Å²) in [5.41, 5.74) is 11.8. The zero-order valence-corrected chi connectivity index (χ0v) is 28.2. The van der Waals surface area contributed by atoms with E-state index in [0.717, 1.165) is 0 Å². The predicted octanol–water partition coefficient (Wildman–Crippen LogP) is 10.2. The summed E-state index contributed by atoms with van der Waals surface area (Å²) < 4.78 is 0. The standard InChI is InChI=1S/C23H27.C9H13.C2H6Si.Zr/c1-22(2,3)18-13-17(14-19(15-18)23(4,5)6)21-12-11-16-9-7-8-10-20(16)21;1-6-5-7(2)9(4)8(6)3;1-3-2;/h7-15H,1-6H3;5H,1-4H3;1-2H3;/q2*-1;;+2. The third-order valence-corrected chi connectivity index (χ3v) is 6.84. The van der Waals surface area contributed by atoms with E-state index in [1.165, 1.54) is 55.3 Å². The molecule has 0 aliphatic carbocycles. The molecule has 0 radical (unpaired) electrons. The van der Waals surface area contributed by atoms with Crippen molar-refractivity contribution in [2.75, 3.05) is 0 Å². The normalized spacial score (nSPS) is 11.5. The van der Waals surface area contributed by atoms with Crippen molar-refractivity contribution < 1.29 is 23.3 Å². The molecule has 4 aromatic carbocycles. The molecular formula is C34H46SiZr. The molecule has 0 amide bonds. The van der Waals surface area contributed by atoms with Gasteiger partial charge in [-0.2, -0.15) is 28.3 Å². The van der Waals surface area contributed by atoms with Crippen molar-refractivity contribution in [3.8, 4) is 11.1 Å². The molecule has 0 spiro atoms. The third-order valence-electron chi connectivity index (χ3n) is 6.84. The predicted molar refractivity (Wildman–Crippen MR) is 161 cm³/mol. The monoisotopic (exact) mass is 572 g/mol. The van der Waals surface area contributed by atoms with Gasteiger partial charge in [0.25, 0.3) is 0 Å². The molecule has 0 unspecified atom stereocenters. The van der Waals surface area contributed by atoms with E-state index in [0.29, 0.717) is 0 Å². The zero-order valence-electron chi connectivity index (χ0n) is 24.8. The second-order valence-corrected chi connectivity index (χ2v) is 21.8. The van der Waals surface area contributed by atoms with Crippen LogP contribution < -0.4 is 0 Å². The summed E-state index contributed by atoms with van der Waals surface area (Å²) in [5, 5.41) is 2.67. The summed E-state index contributed by atoms with van der Waals surface area (Å²) in [6.07, 6.45) is 0. The van der Waals surface area contributed by atoms with Gasteiger partial charge >= 0.3 is 41.9 Å². The van der Waals surface area contributed by atoms with E-state index in [9.17, 15) is 0 Å². The van der Waals surface area contributed by atoms with Crippen molar-refractivity contribution in [3.63, 3.8) is 0 Å². The van der Waals surface area contributed by atoms with Crippen LogP contribution in [-0.2, 0) is 34.2 Å². The first-order chi connectivity index (χ1) is 16.5. The molecule has 190 valence electrons. The average molecular weight is 574 g/mol. The summed E-state index contributed by atoms with van der Waals surface area (Å²) in [5.74, 6) is 0. The summed E-state index contributed by atoms with van der Waals surface area (Å²) >= 11 is 1.74. The summed E-state index contributed by atoms with van der Waals surface area (Å²) in [6.45, 7) is 27.1. The molecule has 0 fully saturated rings. The van der Waals surface area contributed by atoms with Gasteiger partial charge in [0, 0.05) is 0 Å². The Labute approximate surface area is 236 Å². The SMILES string of the molecule is CC(C)(C)c1cc(-c2c[cH-]c3ccccc23)cc(C(C)(C)C)c1.C[Si](C)=[Zr+2].Cc1[cH-]c(C)c(C)c1C. The maximum Gasteiger partial charge on any atom is -0.0632 e. The fraction of sp³-hybridized carbons (Fsp3) is 0.412. The number of aryl methyl sites for hydroxylation is 2. The number of hydrogen-bond acceptors (Lipinski definition) is 0. The first kappa shape index (κ1) is 30.7. The maximum absolute atomic E-state index is 2.38. The van der Waals surface area contributed by atoms with E-state index in [-0.39, 0.29) is 16.3 Å². The molecule has 0 saturated heterocycles. The molecule has 0 aromatic heterocycles. The molecule has 0 aliphatic heterocycles. The van der Waals surface area contributed by atoms with Crippen molar-refractivity contribution in [1.29, 1.82) is 0 Å². The molecule has 0 aliphatic rings. The second-order valence-electron chi connectivity index (χ2n) is 12.4. The van der Waals surface area contributed by atoms with Crippen LogP contribution in [0.1, 0.15) is 74.9 Å². The quantitative estimate of drug-likeness (QED) is 0.157. The Morgan fingerprint density at radius 3 is 1.56 bits per heavy atom. The third kappa shape index (κ3) is 8.26. The smallest absolute Gasteiger partial charge is 0.0632 e. The van der Waals surface area contributed by atoms with Crippen LogP contribution >= 0.6 is 0 Å². The van der Waals surface area contributed by atoms with E-state index in [4.69, 9.17) is 0 Å². The fourth-order valence-corrected chi connectivity index (χ4v) is 4.18. The number of benzene rings is 2. The first-order valence-electron chi connectivity index (χ1n) is 13.0. The van der Waals surface area contributed by atoms with Crippen LogP contribution in [0.15, 0.2) is 60.7 Å². The fourth-order valence-electron chi connectivity index (χ4n) is 4.18. The van der Waals surface area contributed by atoms with Gasteiger partial charge in [-0.1, -0.05) is 99.1 Å². The number of rotatable bonds is 1. The van der Waals surface area contributed by atoms with Crippen molar-refractivity contribution in [1.82, 2.24) is 0 Å². The van der Waals surface area contributed by atoms with E-state index < -0.39 is 0 Å². The van der Waals surface area contributed by atoms with Gasteiger partial charge in [-0.3, -0.25) is 0 Å². The number of fused-ring (bicyclic) bond motifs is 1.